The van der Waals surface area contributed by atoms with Gasteiger partial charge in [-0.05, 0) is 12.5 Å². The summed E-state index contributed by atoms with van der Waals surface area (Å²) in [7, 11) is 0. The highest BCUT2D eigenvalue weighted by molar-refractivity contribution is 6.27. The maximum atomic E-state index is 11.1. The summed E-state index contributed by atoms with van der Waals surface area (Å²) in [6.07, 6.45) is 2.54. The summed E-state index contributed by atoms with van der Waals surface area (Å²) < 4.78 is 2.04. The number of anilines is 1. The molecule has 1 amide bonds. The summed E-state index contributed by atoms with van der Waals surface area (Å²) in [4.78, 5) is 19.9. The molecule has 0 spiro atoms. The number of para-hydroxylation sites is 1. The van der Waals surface area contributed by atoms with E-state index in [-0.39, 0.29) is 11.8 Å². The van der Waals surface area contributed by atoms with Gasteiger partial charge in [-0.2, -0.15) is 0 Å². The summed E-state index contributed by atoms with van der Waals surface area (Å²) in [5.41, 5.74) is 8.53. The molecule has 0 saturated heterocycles. The fourth-order valence-corrected chi connectivity index (χ4v) is 2.59. The van der Waals surface area contributed by atoms with E-state index in [1.807, 2.05) is 28.8 Å². The number of halogens is 1. The van der Waals surface area contributed by atoms with Crippen molar-refractivity contribution in [3.8, 4) is 0 Å². The molecule has 0 aliphatic rings. The Labute approximate surface area is 132 Å². The van der Waals surface area contributed by atoms with Crippen LogP contribution in [-0.4, -0.2) is 32.9 Å². The van der Waals surface area contributed by atoms with Crippen LogP contribution >= 0.6 is 11.6 Å². The summed E-state index contributed by atoms with van der Waals surface area (Å²) in [6.45, 7) is 1.30. The second-order valence-corrected chi connectivity index (χ2v) is 5.25. The number of carbonyl (C=O) groups excluding carboxylic acids is 1. The Bertz CT molecular complexity index is 829. The molecule has 0 bridgehead atoms. The van der Waals surface area contributed by atoms with Crippen molar-refractivity contribution in [1.82, 2.24) is 19.9 Å². The fraction of sp³-hybridized carbons (Fsp3) is 0.267. The van der Waals surface area contributed by atoms with Crippen molar-refractivity contribution in [2.45, 2.75) is 13.0 Å². The number of nitrogens with one attached hydrogen (secondary N) is 1. The number of fused-ring (bicyclic) bond motifs is 3. The second-order valence-electron chi connectivity index (χ2n) is 4.99. The number of hydrogen-bond acceptors (Lipinski definition) is 4. The maximum Gasteiger partial charge on any atom is 0.234 e. The van der Waals surface area contributed by atoms with Crippen LogP contribution in [0.3, 0.4) is 0 Å². The van der Waals surface area contributed by atoms with Crippen LogP contribution in [0.1, 0.15) is 6.42 Å². The van der Waals surface area contributed by atoms with Crippen LogP contribution in [0.15, 0.2) is 30.6 Å². The number of hydrogen-bond donors (Lipinski definition) is 2. The molecule has 0 aliphatic carbocycles. The van der Waals surface area contributed by atoms with E-state index in [1.165, 1.54) is 0 Å². The lowest BCUT2D eigenvalue weighted by Crippen LogP contribution is -2.26. The molecule has 6 nitrogen and oxygen atoms in total. The van der Waals surface area contributed by atoms with E-state index in [9.17, 15) is 4.79 Å². The van der Waals surface area contributed by atoms with Gasteiger partial charge in [0.25, 0.3) is 0 Å². The van der Waals surface area contributed by atoms with Crippen LogP contribution < -0.4 is 11.1 Å². The van der Waals surface area contributed by atoms with Crippen LogP contribution in [0.25, 0.3) is 21.9 Å². The summed E-state index contributed by atoms with van der Waals surface area (Å²) in [5.74, 6) is 0.264. The van der Waals surface area contributed by atoms with Crippen LogP contribution in [0, 0.1) is 0 Å². The molecule has 3 N–H and O–H groups in total. The zero-order chi connectivity index (χ0) is 15.5. The zero-order valence-electron chi connectivity index (χ0n) is 11.9. The topological polar surface area (TPSA) is 85.8 Å². The van der Waals surface area contributed by atoms with Crippen molar-refractivity contribution in [1.29, 1.82) is 0 Å². The molecule has 0 radical (unpaired) electrons. The molecule has 1 aromatic carbocycles. The predicted molar refractivity (Wildman–Crippen MR) is 87.8 cm³/mol. The van der Waals surface area contributed by atoms with Gasteiger partial charge >= 0.3 is 0 Å². The van der Waals surface area contributed by atoms with E-state index in [0.29, 0.717) is 17.9 Å². The SMILES string of the molecule is Nc1nc2ccccc2c2c1ncn2CCCNC(=O)CCl. The minimum absolute atomic E-state index is 0.0130. The van der Waals surface area contributed by atoms with Gasteiger partial charge in [-0.15, -0.1) is 11.6 Å². The number of amides is 1. The number of nitrogens with zero attached hydrogens (tertiary/aromatic N) is 3. The van der Waals surface area contributed by atoms with E-state index in [4.69, 9.17) is 17.3 Å². The monoisotopic (exact) mass is 317 g/mol. The fourth-order valence-electron chi connectivity index (χ4n) is 2.50. The molecule has 0 unspecified atom stereocenters. The Hall–Kier alpha value is -2.34. The molecular weight excluding hydrogens is 302 g/mol. The third-order valence-electron chi connectivity index (χ3n) is 3.50. The molecular formula is C15H16ClN5O. The summed E-state index contributed by atoms with van der Waals surface area (Å²) in [5, 5.41) is 3.77. The number of alkyl halides is 1. The normalized spacial score (nSPS) is 11.1. The number of rotatable bonds is 5. The Kier molecular flexibility index (Phi) is 4.11. The highest BCUT2D eigenvalue weighted by atomic mass is 35.5. The predicted octanol–water partition coefficient (Wildman–Crippen LogP) is 1.91. The highest BCUT2D eigenvalue weighted by Gasteiger charge is 2.11. The average Bonchev–Trinajstić information content (AvgIpc) is 2.96. The van der Waals surface area contributed by atoms with Crippen molar-refractivity contribution in [2.24, 2.45) is 0 Å². The van der Waals surface area contributed by atoms with Crippen molar-refractivity contribution in [3.05, 3.63) is 30.6 Å². The van der Waals surface area contributed by atoms with Crippen molar-refractivity contribution < 1.29 is 4.79 Å². The number of pyridine rings is 1. The molecule has 22 heavy (non-hydrogen) atoms. The van der Waals surface area contributed by atoms with E-state index in [0.717, 1.165) is 29.4 Å². The lowest BCUT2D eigenvalue weighted by Gasteiger charge is -2.08. The van der Waals surface area contributed by atoms with Crippen LogP contribution in [0.4, 0.5) is 5.82 Å². The largest absolute Gasteiger partial charge is 0.382 e. The van der Waals surface area contributed by atoms with E-state index in [1.54, 1.807) is 6.33 Å². The number of benzene rings is 1. The highest BCUT2D eigenvalue weighted by Crippen LogP contribution is 2.26. The van der Waals surface area contributed by atoms with Crippen LogP contribution in [0.2, 0.25) is 0 Å². The molecule has 3 rings (SSSR count). The molecule has 0 fully saturated rings. The number of aryl methyl sites for hydroxylation is 1. The van der Waals surface area contributed by atoms with Gasteiger partial charge < -0.3 is 15.6 Å². The zero-order valence-corrected chi connectivity index (χ0v) is 12.7. The van der Waals surface area contributed by atoms with Crippen molar-refractivity contribution in [3.63, 3.8) is 0 Å². The van der Waals surface area contributed by atoms with Gasteiger partial charge in [0.15, 0.2) is 5.82 Å². The Morgan fingerprint density at radius 3 is 3.00 bits per heavy atom. The third kappa shape index (κ3) is 2.69. The Morgan fingerprint density at radius 2 is 2.18 bits per heavy atom. The summed E-state index contributed by atoms with van der Waals surface area (Å²) >= 11 is 5.44. The molecule has 114 valence electrons. The minimum Gasteiger partial charge on any atom is -0.382 e. The quantitative estimate of drug-likeness (QED) is 0.556. The van der Waals surface area contributed by atoms with E-state index < -0.39 is 0 Å². The Balaban J connectivity index is 1.89. The molecule has 2 heterocycles. The van der Waals surface area contributed by atoms with Gasteiger partial charge in [0, 0.05) is 18.5 Å². The summed E-state index contributed by atoms with van der Waals surface area (Å²) in [6, 6.07) is 7.85. The van der Waals surface area contributed by atoms with Crippen LogP contribution in [-0.2, 0) is 11.3 Å². The third-order valence-corrected chi connectivity index (χ3v) is 3.74. The van der Waals surface area contributed by atoms with Gasteiger partial charge in [-0.1, -0.05) is 18.2 Å². The molecule has 0 saturated carbocycles. The second kappa shape index (κ2) is 6.19. The number of nitrogen functional groups attached to an aromatic ring is 1. The standard InChI is InChI=1S/C15H16ClN5O/c16-8-12(22)18-6-3-7-21-9-19-13-14(21)10-4-1-2-5-11(10)20-15(13)17/h1-2,4-5,9H,3,6-8H2,(H2,17,20)(H,18,22). The Morgan fingerprint density at radius 1 is 1.36 bits per heavy atom. The molecule has 2 aromatic heterocycles. The molecule has 7 heteroatoms. The van der Waals surface area contributed by atoms with Crippen molar-refractivity contribution >= 4 is 45.3 Å². The smallest absolute Gasteiger partial charge is 0.234 e. The number of nitrogens with two attached hydrogens (primary N) is 1. The first-order chi connectivity index (χ1) is 10.7. The lowest BCUT2D eigenvalue weighted by molar-refractivity contribution is -0.118. The van der Waals surface area contributed by atoms with Crippen molar-refractivity contribution in [2.75, 3.05) is 18.2 Å². The van der Waals surface area contributed by atoms with E-state index >= 15 is 0 Å². The average molecular weight is 318 g/mol. The number of aromatic nitrogens is 3. The van der Waals surface area contributed by atoms with Gasteiger partial charge in [0.05, 0.1) is 17.4 Å². The van der Waals surface area contributed by atoms with E-state index in [2.05, 4.69) is 15.3 Å². The van der Waals surface area contributed by atoms with Crippen LogP contribution in [0.5, 0.6) is 0 Å². The first-order valence-electron chi connectivity index (χ1n) is 7.02. The molecule has 0 atom stereocenters. The number of imidazole rings is 1. The van der Waals surface area contributed by atoms with Gasteiger partial charge in [0.1, 0.15) is 11.4 Å². The van der Waals surface area contributed by atoms with Gasteiger partial charge in [-0.3, -0.25) is 4.79 Å². The van der Waals surface area contributed by atoms with Gasteiger partial charge in [0.2, 0.25) is 5.91 Å². The first kappa shape index (κ1) is 14.6. The number of carbonyl (C=O) groups is 1. The maximum absolute atomic E-state index is 11.1. The first-order valence-corrected chi connectivity index (χ1v) is 7.56. The minimum atomic E-state index is -0.156. The lowest BCUT2D eigenvalue weighted by atomic mass is 10.2. The molecule has 3 aromatic rings. The van der Waals surface area contributed by atoms with Gasteiger partial charge in [-0.25, -0.2) is 9.97 Å². The molecule has 0 aliphatic heterocycles.